The van der Waals surface area contributed by atoms with E-state index in [4.69, 9.17) is 23.2 Å². The molecule has 0 aliphatic carbocycles. The standard InChI is InChI=1S/C26H35Cl2N3O4S/c1-5-14-29-26(33)23(6-2)30(18-20-10-7-9-19(3)16-20)25(32)11-8-15-31(36(4,34)35)24-17-21(27)12-13-22(24)28/h7,9-10,12-13,16-17,23H,5-6,8,11,14-15,18H2,1-4H3,(H,29,33). The van der Waals surface area contributed by atoms with E-state index in [1.165, 1.54) is 12.1 Å². The Kier molecular flexibility index (Phi) is 11.5. The van der Waals surface area contributed by atoms with Gasteiger partial charge in [0.25, 0.3) is 0 Å². The Bertz CT molecular complexity index is 1160. The second-order valence-corrected chi connectivity index (χ2v) is 11.5. The first-order valence-electron chi connectivity index (χ1n) is 12.0. The summed E-state index contributed by atoms with van der Waals surface area (Å²) in [5, 5.41) is 3.50. The molecule has 36 heavy (non-hydrogen) atoms. The molecule has 0 saturated heterocycles. The van der Waals surface area contributed by atoms with Crippen molar-refractivity contribution in [1.82, 2.24) is 10.2 Å². The molecule has 0 aliphatic rings. The highest BCUT2D eigenvalue weighted by molar-refractivity contribution is 7.92. The number of carbonyl (C=O) groups is 2. The van der Waals surface area contributed by atoms with Gasteiger partial charge in [0, 0.05) is 31.1 Å². The summed E-state index contributed by atoms with van der Waals surface area (Å²) in [4.78, 5) is 27.9. The minimum absolute atomic E-state index is 0.0434. The van der Waals surface area contributed by atoms with Crippen molar-refractivity contribution in [2.24, 2.45) is 0 Å². The van der Waals surface area contributed by atoms with Crippen LogP contribution in [0.5, 0.6) is 0 Å². The van der Waals surface area contributed by atoms with E-state index in [1.807, 2.05) is 45.0 Å². The molecule has 0 radical (unpaired) electrons. The van der Waals surface area contributed by atoms with E-state index in [-0.39, 0.29) is 48.5 Å². The maximum Gasteiger partial charge on any atom is 0.242 e. The highest BCUT2D eigenvalue weighted by Gasteiger charge is 2.29. The number of carbonyl (C=O) groups excluding carboxylic acids is 2. The van der Waals surface area contributed by atoms with E-state index in [1.54, 1.807) is 11.0 Å². The number of hydrogen-bond donors (Lipinski definition) is 1. The second kappa shape index (κ2) is 13.9. The van der Waals surface area contributed by atoms with Crippen molar-refractivity contribution in [3.05, 3.63) is 63.6 Å². The van der Waals surface area contributed by atoms with Crippen LogP contribution in [0.1, 0.15) is 50.7 Å². The van der Waals surface area contributed by atoms with Crippen LogP contribution in [-0.4, -0.2) is 50.5 Å². The normalized spacial score (nSPS) is 12.2. The Balaban J connectivity index is 2.24. The molecular weight excluding hydrogens is 521 g/mol. The lowest BCUT2D eigenvalue weighted by Gasteiger charge is -2.31. The number of aryl methyl sites for hydroxylation is 1. The molecule has 0 aromatic heterocycles. The molecule has 0 saturated carbocycles. The minimum Gasteiger partial charge on any atom is -0.354 e. The lowest BCUT2D eigenvalue weighted by atomic mass is 10.1. The maximum atomic E-state index is 13.4. The highest BCUT2D eigenvalue weighted by atomic mass is 35.5. The van der Waals surface area contributed by atoms with Gasteiger partial charge >= 0.3 is 0 Å². The molecule has 10 heteroatoms. The van der Waals surface area contributed by atoms with Crippen LogP contribution in [0.15, 0.2) is 42.5 Å². The van der Waals surface area contributed by atoms with Crippen molar-refractivity contribution in [2.75, 3.05) is 23.7 Å². The van der Waals surface area contributed by atoms with E-state index >= 15 is 0 Å². The van der Waals surface area contributed by atoms with Gasteiger partial charge in [-0.15, -0.1) is 0 Å². The van der Waals surface area contributed by atoms with Gasteiger partial charge in [0.2, 0.25) is 21.8 Å². The number of benzene rings is 2. The van der Waals surface area contributed by atoms with Gasteiger partial charge < -0.3 is 10.2 Å². The summed E-state index contributed by atoms with van der Waals surface area (Å²) < 4.78 is 26.2. The number of hydrogen-bond acceptors (Lipinski definition) is 4. The molecule has 0 aliphatic heterocycles. The second-order valence-electron chi connectivity index (χ2n) is 8.76. The molecule has 0 fully saturated rings. The average molecular weight is 557 g/mol. The minimum atomic E-state index is -3.67. The molecular formula is C26H35Cl2N3O4S. The predicted octanol–water partition coefficient (Wildman–Crippen LogP) is 5.18. The van der Waals surface area contributed by atoms with Gasteiger partial charge in [0.05, 0.1) is 17.0 Å². The molecule has 7 nitrogen and oxygen atoms in total. The van der Waals surface area contributed by atoms with E-state index in [9.17, 15) is 18.0 Å². The summed E-state index contributed by atoms with van der Waals surface area (Å²) >= 11 is 12.3. The number of anilines is 1. The smallest absolute Gasteiger partial charge is 0.242 e. The predicted molar refractivity (Wildman–Crippen MR) is 147 cm³/mol. The fraction of sp³-hybridized carbons (Fsp3) is 0.462. The molecule has 2 aromatic carbocycles. The zero-order valence-electron chi connectivity index (χ0n) is 21.3. The maximum absolute atomic E-state index is 13.4. The van der Waals surface area contributed by atoms with Gasteiger partial charge in [-0.2, -0.15) is 0 Å². The average Bonchev–Trinajstić information content (AvgIpc) is 2.81. The van der Waals surface area contributed by atoms with Gasteiger partial charge in [-0.25, -0.2) is 8.42 Å². The van der Waals surface area contributed by atoms with E-state index in [2.05, 4.69) is 5.32 Å². The molecule has 1 N–H and O–H groups in total. The van der Waals surface area contributed by atoms with E-state index < -0.39 is 16.1 Å². The number of amides is 2. The van der Waals surface area contributed by atoms with Crippen LogP contribution in [0.3, 0.4) is 0 Å². The van der Waals surface area contributed by atoms with Crippen LogP contribution in [-0.2, 0) is 26.2 Å². The lowest BCUT2D eigenvalue weighted by Crippen LogP contribution is -2.49. The van der Waals surface area contributed by atoms with Gasteiger partial charge in [-0.1, -0.05) is 66.9 Å². The van der Waals surface area contributed by atoms with Gasteiger partial charge in [0.1, 0.15) is 6.04 Å². The molecule has 1 unspecified atom stereocenters. The number of nitrogens with one attached hydrogen (secondary N) is 1. The summed E-state index contributed by atoms with van der Waals surface area (Å²) in [5.41, 5.74) is 2.25. The molecule has 2 aromatic rings. The summed E-state index contributed by atoms with van der Waals surface area (Å²) in [6.45, 7) is 6.68. The van der Waals surface area contributed by atoms with Crippen molar-refractivity contribution >= 4 is 50.7 Å². The van der Waals surface area contributed by atoms with Crippen molar-refractivity contribution in [3.63, 3.8) is 0 Å². The van der Waals surface area contributed by atoms with Gasteiger partial charge in [-0.05, 0) is 49.9 Å². The summed E-state index contributed by atoms with van der Waals surface area (Å²) in [7, 11) is -3.67. The Morgan fingerprint density at radius 1 is 1.08 bits per heavy atom. The van der Waals surface area contributed by atoms with Crippen LogP contribution in [0, 0.1) is 6.92 Å². The molecule has 2 amide bonds. The molecule has 2 rings (SSSR count). The Hall–Kier alpha value is -2.29. The Morgan fingerprint density at radius 3 is 2.42 bits per heavy atom. The lowest BCUT2D eigenvalue weighted by molar-refractivity contribution is -0.141. The number of rotatable bonds is 13. The zero-order chi connectivity index (χ0) is 26.9. The summed E-state index contributed by atoms with van der Waals surface area (Å²) in [5.74, 6) is -0.413. The third-order valence-electron chi connectivity index (χ3n) is 5.70. The zero-order valence-corrected chi connectivity index (χ0v) is 23.6. The number of nitrogens with zero attached hydrogens (tertiary/aromatic N) is 2. The monoisotopic (exact) mass is 555 g/mol. The quantitative estimate of drug-likeness (QED) is 0.368. The largest absolute Gasteiger partial charge is 0.354 e. The van der Waals surface area contributed by atoms with Crippen molar-refractivity contribution < 1.29 is 18.0 Å². The van der Waals surface area contributed by atoms with Crippen molar-refractivity contribution in [3.8, 4) is 0 Å². The Morgan fingerprint density at radius 2 is 1.81 bits per heavy atom. The number of halogens is 2. The number of sulfonamides is 1. The van der Waals surface area contributed by atoms with Crippen LogP contribution in [0.4, 0.5) is 5.69 Å². The SMILES string of the molecule is CCCNC(=O)C(CC)N(Cc1cccc(C)c1)C(=O)CCCN(c1cc(Cl)ccc1Cl)S(C)(=O)=O. The topological polar surface area (TPSA) is 86.8 Å². The van der Waals surface area contributed by atoms with Crippen LogP contribution in [0.25, 0.3) is 0 Å². The van der Waals surface area contributed by atoms with Crippen molar-refractivity contribution in [1.29, 1.82) is 0 Å². The fourth-order valence-electron chi connectivity index (χ4n) is 3.95. The van der Waals surface area contributed by atoms with E-state index in [0.717, 1.165) is 28.1 Å². The third-order valence-corrected chi connectivity index (χ3v) is 7.43. The van der Waals surface area contributed by atoms with Gasteiger partial charge in [0.15, 0.2) is 0 Å². The fourth-order valence-corrected chi connectivity index (χ4v) is 5.36. The molecule has 0 spiro atoms. The summed E-state index contributed by atoms with van der Waals surface area (Å²) in [6, 6.07) is 11.8. The summed E-state index contributed by atoms with van der Waals surface area (Å²) in [6.07, 6.45) is 2.64. The Labute approximate surface area is 224 Å². The molecule has 198 valence electrons. The molecule has 0 heterocycles. The third kappa shape index (κ3) is 8.68. The first-order valence-corrected chi connectivity index (χ1v) is 14.6. The van der Waals surface area contributed by atoms with Crippen molar-refractivity contribution in [2.45, 2.75) is 59.0 Å². The first kappa shape index (κ1) is 29.9. The first-order chi connectivity index (χ1) is 17.0. The van der Waals surface area contributed by atoms with E-state index in [0.29, 0.717) is 18.0 Å². The van der Waals surface area contributed by atoms with Crippen LogP contribution >= 0.6 is 23.2 Å². The van der Waals surface area contributed by atoms with Gasteiger partial charge in [-0.3, -0.25) is 13.9 Å². The molecule has 1 atom stereocenters. The highest BCUT2D eigenvalue weighted by Crippen LogP contribution is 2.31. The van der Waals surface area contributed by atoms with Crippen LogP contribution < -0.4 is 9.62 Å². The van der Waals surface area contributed by atoms with Crippen LogP contribution in [0.2, 0.25) is 10.0 Å². The molecule has 0 bridgehead atoms.